The normalized spacial score (nSPS) is 10.6. The fraction of sp³-hybridized carbons (Fsp3) is 0.167. The monoisotopic (exact) mass is 390 g/mol. The molecule has 3 rings (SSSR count). The van der Waals surface area contributed by atoms with Gasteiger partial charge in [-0.15, -0.1) is 0 Å². The fourth-order valence-corrected chi connectivity index (χ4v) is 2.94. The SMILES string of the molecule is CC(C)N(Cc1ccccc1)C(=O)c1ccc(C(=O)Nc2ccc(F)cc2)cc1. The zero-order chi connectivity index (χ0) is 20.8. The molecule has 29 heavy (non-hydrogen) atoms. The lowest BCUT2D eigenvalue weighted by Crippen LogP contribution is -2.36. The number of benzene rings is 3. The van der Waals surface area contributed by atoms with Gasteiger partial charge in [0.25, 0.3) is 11.8 Å². The minimum Gasteiger partial charge on any atom is -0.332 e. The number of hydrogen-bond acceptors (Lipinski definition) is 2. The van der Waals surface area contributed by atoms with Crippen molar-refractivity contribution in [2.45, 2.75) is 26.4 Å². The first-order valence-electron chi connectivity index (χ1n) is 9.46. The van der Waals surface area contributed by atoms with Crippen molar-refractivity contribution in [2.75, 3.05) is 5.32 Å². The van der Waals surface area contributed by atoms with Crippen LogP contribution >= 0.6 is 0 Å². The first-order valence-corrected chi connectivity index (χ1v) is 9.46. The predicted molar refractivity (Wildman–Crippen MR) is 112 cm³/mol. The minimum absolute atomic E-state index is 0.0316. The maximum atomic E-state index is 13.0. The van der Waals surface area contributed by atoms with Crippen LogP contribution in [0.2, 0.25) is 0 Å². The predicted octanol–water partition coefficient (Wildman–Crippen LogP) is 5.13. The Hall–Kier alpha value is -3.47. The molecule has 0 heterocycles. The lowest BCUT2D eigenvalue weighted by molar-refractivity contribution is 0.0690. The van der Waals surface area contributed by atoms with Crippen LogP contribution in [0, 0.1) is 5.82 Å². The Morgan fingerprint density at radius 1 is 0.862 bits per heavy atom. The molecule has 0 aliphatic carbocycles. The molecule has 5 heteroatoms. The Kier molecular flexibility index (Phi) is 6.39. The summed E-state index contributed by atoms with van der Waals surface area (Å²) >= 11 is 0. The Morgan fingerprint density at radius 2 is 1.45 bits per heavy atom. The van der Waals surface area contributed by atoms with Crippen LogP contribution in [-0.4, -0.2) is 22.8 Å². The van der Waals surface area contributed by atoms with Gasteiger partial charge in [0, 0.05) is 29.4 Å². The second-order valence-electron chi connectivity index (χ2n) is 7.05. The largest absolute Gasteiger partial charge is 0.332 e. The molecule has 0 saturated carbocycles. The molecule has 148 valence electrons. The van der Waals surface area contributed by atoms with Gasteiger partial charge >= 0.3 is 0 Å². The minimum atomic E-state index is -0.365. The molecule has 0 saturated heterocycles. The molecular formula is C24H23FN2O2. The number of halogens is 1. The van der Waals surface area contributed by atoms with E-state index in [1.807, 2.05) is 44.2 Å². The molecule has 4 nitrogen and oxygen atoms in total. The van der Waals surface area contributed by atoms with Crippen molar-refractivity contribution in [1.29, 1.82) is 0 Å². The molecule has 0 spiro atoms. The van der Waals surface area contributed by atoms with Crippen molar-refractivity contribution in [3.8, 4) is 0 Å². The smallest absolute Gasteiger partial charge is 0.255 e. The van der Waals surface area contributed by atoms with E-state index in [2.05, 4.69) is 5.32 Å². The summed E-state index contributed by atoms with van der Waals surface area (Å²) in [5.74, 6) is -0.772. The zero-order valence-electron chi connectivity index (χ0n) is 16.4. The third-order valence-corrected chi connectivity index (χ3v) is 4.58. The lowest BCUT2D eigenvalue weighted by atomic mass is 10.1. The van der Waals surface area contributed by atoms with E-state index in [4.69, 9.17) is 0 Å². The van der Waals surface area contributed by atoms with Crippen molar-refractivity contribution < 1.29 is 14.0 Å². The van der Waals surface area contributed by atoms with Gasteiger partial charge in [-0.25, -0.2) is 4.39 Å². The molecule has 0 aromatic heterocycles. The summed E-state index contributed by atoms with van der Waals surface area (Å²) < 4.78 is 13.0. The number of nitrogens with one attached hydrogen (secondary N) is 1. The molecule has 0 aliphatic rings. The highest BCUT2D eigenvalue weighted by Crippen LogP contribution is 2.16. The van der Waals surface area contributed by atoms with E-state index < -0.39 is 0 Å². The molecule has 3 aromatic rings. The average molecular weight is 390 g/mol. The van der Waals surface area contributed by atoms with Crippen LogP contribution in [0.15, 0.2) is 78.9 Å². The quantitative estimate of drug-likeness (QED) is 0.634. The summed E-state index contributed by atoms with van der Waals surface area (Å²) in [6.07, 6.45) is 0. The molecule has 0 atom stereocenters. The molecular weight excluding hydrogens is 367 g/mol. The van der Waals surface area contributed by atoms with Crippen LogP contribution in [0.25, 0.3) is 0 Å². The maximum Gasteiger partial charge on any atom is 0.255 e. The van der Waals surface area contributed by atoms with E-state index >= 15 is 0 Å². The molecule has 0 radical (unpaired) electrons. The summed E-state index contributed by atoms with van der Waals surface area (Å²) in [5.41, 5.74) is 2.51. The highest BCUT2D eigenvalue weighted by atomic mass is 19.1. The third kappa shape index (κ3) is 5.29. The standard InChI is InChI=1S/C24H23FN2O2/c1-17(2)27(16-18-6-4-3-5-7-18)24(29)20-10-8-19(9-11-20)23(28)26-22-14-12-21(25)13-15-22/h3-15,17H,16H2,1-2H3,(H,26,28). The number of hydrogen-bond donors (Lipinski definition) is 1. The van der Waals surface area contributed by atoms with Crippen molar-refractivity contribution in [3.05, 3.63) is 101 Å². The van der Waals surface area contributed by atoms with Gasteiger partial charge in [-0.1, -0.05) is 30.3 Å². The molecule has 0 fully saturated rings. The number of carbonyl (C=O) groups excluding carboxylic acids is 2. The van der Waals surface area contributed by atoms with Crippen molar-refractivity contribution >= 4 is 17.5 Å². The van der Waals surface area contributed by atoms with E-state index in [-0.39, 0.29) is 23.7 Å². The number of nitrogens with zero attached hydrogens (tertiary/aromatic N) is 1. The second kappa shape index (κ2) is 9.15. The first-order chi connectivity index (χ1) is 13.9. The van der Waals surface area contributed by atoms with E-state index in [1.165, 1.54) is 24.3 Å². The number of carbonyl (C=O) groups is 2. The molecule has 0 unspecified atom stereocenters. The van der Waals surface area contributed by atoms with Crippen LogP contribution in [-0.2, 0) is 6.54 Å². The summed E-state index contributed by atoms with van der Waals surface area (Å²) in [5, 5.41) is 2.71. The Balaban J connectivity index is 1.71. The number of rotatable bonds is 6. The topological polar surface area (TPSA) is 49.4 Å². The first kappa shape index (κ1) is 20.3. The Labute approximate surface area is 170 Å². The van der Waals surface area contributed by atoms with Crippen molar-refractivity contribution in [1.82, 2.24) is 4.90 Å². The van der Waals surface area contributed by atoms with Gasteiger partial charge < -0.3 is 10.2 Å². The molecule has 0 bridgehead atoms. The summed E-state index contributed by atoms with van der Waals surface area (Å²) in [4.78, 5) is 27.1. The summed E-state index contributed by atoms with van der Waals surface area (Å²) in [6, 6.07) is 22.0. The van der Waals surface area contributed by atoms with Gasteiger partial charge in [0.05, 0.1) is 0 Å². The summed E-state index contributed by atoms with van der Waals surface area (Å²) in [7, 11) is 0. The molecule has 2 amide bonds. The van der Waals surface area contributed by atoms with Gasteiger partial charge in [0.15, 0.2) is 0 Å². The van der Waals surface area contributed by atoms with Crippen LogP contribution < -0.4 is 5.32 Å². The zero-order valence-corrected chi connectivity index (χ0v) is 16.4. The Bertz CT molecular complexity index is 968. The number of amides is 2. The van der Waals surface area contributed by atoms with Crippen LogP contribution in [0.5, 0.6) is 0 Å². The van der Waals surface area contributed by atoms with Crippen molar-refractivity contribution in [2.24, 2.45) is 0 Å². The van der Waals surface area contributed by atoms with Gasteiger partial charge in [0.2, 0.25) is 0 Å². The van der Waals surface area contributed by atoms with Crippen molar-refractivity contribution in [3.63, 3.8) is 0 Å². The van der Waals surface area contributed by atoms with E-state index in [9.17, 15) is 14.0 Å². The fourth-order valence-electron chi connectivity index (χ4n) is 2.94. The summed E-state index contributed by atoms with van der Waals surface area (Å²) in [6.45, 7) is 4.47. The van der Waals surface area contributed by atoms with E-state index in [0.717, 1.165) is 5.56 Å². The number of anilines is 1. The van der Waals surface area contributed by atoms with Crippen LogP contribution in [0.1, 0.15) is 40.1 Å². The van der Waals surface area contributed by atoms with E-state index in [0.29, 0.717) is 23.4 Å². The third-order valence-electron chi connectivity index (χ3n) is 4.58. The van der Waals surface area contributed by atoms with E-state index in [1.54, 1.807) is 29.2 Å². The van der Waals surface area contributed by atoms with Gasteiger partial charge in [-0.2, -0.15) is 0 Å². The second-order valence-corrected chi connectivity index (χ2v) is 7.05. The lowest BCUT2D eigenvalue weighted by Gasteiger charge is -2.27. The average Bonchev–Trinajstić information content (AvgIpc) is 2.74. The molecule has 1 N–H and O–H groups in total. The van der Waals surface area contributed by atoms with Gasteiger partial charge in [-0.3, -0.25) is 9.59 Å². The highest BCUT2D eigenvalue weighted by Gasteiger charge is 2.19. The van der Waals surface area contributed by atoms with Gasteiger partial charge in [-0.05, 0) is 67.9 Å². The Morgan fingerprint density at radius 3 is 2.03 bits per heavy atom. The molecule has 0 aliphatic heterocycles. The molecule has 3 aromatic carbocycles. The van der Waals surface area contributed by atoms with Gasteiger partial charge in [0.1, 0.15) is 5.82 Å². The maximum absolute atomic E-state index is 13.0. The highest BCUT2D eigenvalue weighted by molar-refractivity contribution is 6.05. The van der Waals surface area contributed by atoms with Crippen LogP contribution in [0.3, 0.4) is 0 Å². The van der Waals surface area contributed by atoms with Crippen LogP contribution in [0.4, 0.5) is 10.1 Å².